The van der Waals surface area contributed by atoms with Crippen LogP contribution in [0, 0.1) is 6.92 Å². The Balaban J connectivity index is 2.05. The molecule has 32 heavy (non-hydrogen) atoms. The number of hydrogen-bond acceptors (Lipinski definition) is 5. The van der Waals surface area contributed by atoms with Crippen LogP contribution in [-0.4, -0.2) is 40.5 Å². The van der Waals surface area contributed by atoms with Gasteiger partial charge in [-0.05, 0) is 48.6 Å². The number of nitrogens with one attached hydrogen (secondary N) is 1. The number of thioether (sulfide) groups is 1. The molecule has 3 aromatic rings. The molecule has 0 saturated carbocycles. The van der Waals surface area contributed by atoms with Crippen LogP contribution in [0.5, 0.6) is 5.75 Å². The SMILES string of the molecule is CCSCC(O)(Cc1ccc(Cl)c(Nc2cccc3nc(C)ccc23)c1OC)C(F)(F)F. The minimum absolute atomic E-state index is 0.152. The minimum atomic E-state index is -4.80. The third kappa shape index (κ3) is 5.08. The van der Waals surface area contributed by atoms with Crippen molar-refractivity contribution in [2.24, 2.45) is 0 Å². The van der Waals surface area contributed by atoms with Gasteiger partial charge in [0.25, 0.3) is 0 Å². The topological polar surface area (TPSA) is 54.4 Å². The predicted octanol–water partition coefficient (Wildman–Crippen LogP) is 6.54. The summed E-state index contributed by atoms with van der Waals surface area (Å²) in [5.41, 5.74) is -0.0575. The van der Waals surface area contributed by atoms with Crippen molar-refractivity contribution in [2.75, 3.05) is 23.9 Å². The number of pyridine rings is 1. The molecule has 1 unspecified atom stereocenters. The van der Waals surface area contributed by atoms with Crippen molar-refractivity contribution >= 4 is 45.6 Å². The second-order valence-corrected chi connectivity index (χ2v) is 9.09. The van der Waals surface area contributed by atoms with Gasteiger partial charge >= 0.3 is 6.18 Å². The molecule has 2 N–H and O–H groups in total. The molecule has 4 nitrogen and oxygen atoms in total. The lowest BCUT2D eigenvalue weighted by molar-refractivity contribution is -0.249. The van der Waals surface area contributed by atoms with Gasteiger partial charge in [0.1, 0.15) is 11.4 Å². The maximum absolute atomic E-state index is 13.7. The molecule has 9 heteroatoms. The molecule has 2 aromatic carbocycles. The zero-order valence-electron chi connectivity index (χ0n) is 17.9. The van der Waals surface area contributed by atoms with Gasteiger partial charge in [0.2, 0.25) is 0 Å². The molecule has 0 radical (unpaired) electrons. The number of halogens is 4. The number of aliphatic hydroxyl groups is 1. The smallest absolute Gasteiger partial charge is 0.418 e. The minimum Gasteiger partial charge on any atom is -0.494 e. The van der Waals surface area contributed by atoms with E-state index in [9.17, 15) is 18.3 Å². The van der Waals surface area contributed by atoms with Crippen LogP contribution in [0.4, 0.5) is 24.5 Å². The molecule has 0 spiro atoms. The van der Waals surface area contributed by atoms with Gasteiger partial charge in [0, 0.05) is 28.9 Å². The fourth-order valence-electron chi connectivity index (χ4n) is 3.41. The lowest BCUT2D eigenvalue weighted by atomic mass is 9.94. The van der Waals surface area contributed by atoms with Gasteiger partial charge < -0.3 is 15.2 Å². The van der Waals surface area contributed by atoms with Crippen molar-refractivity contribution in [1.29, 1.82) is 0 Å². The number of fused-ring (bicyclic) bond motifs is 1. The van der Waals surface area contributed by atoms with Crippen molar-refractivity contribution in [3.8, 4) is 5.75 Å². The zero-order valence-corrected chi connectivity index (χ0v) is 19.5. The first-order valence-electron chi connectivity index (χ1n) is 9.95. The van der Waals surface area contributed by atoms with Gasteiger partial charge in [-0.2, -0.15) is 24.9 Å². The number of anilines is 2. The molecule has 0 aliphatic rings. The van der Waals surface area contributed by atoms with Gasteiger partial charge in [0.05, 0.1) is 17.6 Å². The first kappa shape index (κ1) is 24.5. The Kier molecular flexibility index (Phi) is 7.47. The molecule has 0 aliphatic heterocycles. The molecule has 1 heterocycles. The molecule has 0 bridgehead atoms. The summed E-state index contributed by atoms with van der Waals surface area (Å²) in [5.74, 6) is 0.131. The molecular weight excluding hydrogens is 461 g/mol. The van der Waals surface area contributed by atoms with Crippen LogP contribution in [0.3, 0.4) is 0 Å². The molecule has 1 aromatic heterocycles. The van der Waals surface area contributed by atoms with Crippen molar-refractivity contribution in [3.05, 3.63) is 58.7 Å². The lowest BCUT2D eigenvalue weighted by Crippen LogP contribution is -2.49. The van der Waals surface area contributed by atoms with E-state index in [-0.39, 0.29) is 16.3 Å². The molecule has 0 fully saturated rings. The third-order valence-electron chi connectivity index (χ3n) is 5.08. The average Bonchev–Trinajstić information content (AvgIpc) is 2.73. The summed E-state index contributed by atoms with van der Waals surface area (Å²) in [6.45, 7) is 3.63. The summed E-state index contributed by atoms with van der Waals surface area (Å²) in [7, 11) is 1.36. The summed E-state index contributed by atoms with van der Waals surface area (Å²) in [5, 5.41) is 14.8. The highest BCUT2D eigenvalue weighted by Gasteiger charge is 2.53. The van der Waals surface area contributed by atoms with E-state index < -0.39 is 24.0 Å². The molecular formula is C23H24ClF3N2O2S. The summed E-state index contributed by atoms with van der Waals surface area (Å²) >= 11 is 7.43. The maximum Gasteiger partial charge on any atom is 0.418 e. The Morgan fingerprint density at radius 2 is 1.91 bits per heavy atom. The number of hydrogen-bond donors (Lipinski definition) is 2. The number of nitrogens with zero attached hydrogens (tertiary/aromatic N) is 1. The standard InChI is InChI=1S/C23H24ClF3N2O2S/c1-4-32-13-22(30,23(25,26)27)12-15-9-11-17(24)20(21(15)31-3)29-19-7-5-6-18-16(19)10-8-14(2)28-18/h5-11,29-30H,4,12-13H2,1-3H3. The van der Waals surface area contributed by atoms with Crippen LogP contribution in [0.2, 0.25) is 5.02 Å². The predicted molar refractivity (Wildman–Crippen MR) is 125 cm³/mol. The zero-order chi connectivity index (χ0) is 23.5. The van der Waals surface area contributed by atoms with Gasteiger partial charge in [0.15, 0.2) is 5.60 Å². The summed E-state index contributed by atoms with van der Waals surface area (Å²) < 4.78 is 46.7. The Morgan fingerprint density at radius 1 is 1.16 bits per heavy atom. The highest BCUT2D eigenvalue weighted by atomic mass is 35.5. The number of alkyl halides is 3. The number of benzene rings is 2. The summed E-state index contributed by atoms with van der Waals surface area (Å²) in [4.78, 5) is 4.50. The van der Waals surface area contributed by atoms with E-state index in [1.807, 2.05) is 37.3 Å². The molecule has 0 saturated heterocycles. The first-order valence-corrected chi connectivity index (χ1v) is 11.5. The average molecular weight is 485 g/mol. The highest BCUT2D eigenvalue weighted by molar-refractivity contribution is 7.99. The number of rotatable bonds is 8. The van der Waals surface area contributed by atoms with Crippen LogP contribution in [0.25, 0.3) is 10.9 Å². The van der Waals surface area contributed by atoms with Gasteiger partial charge in [-0.15, -0.1) is 0 Å². The van der Waals surface area contributed by atoms with E-state index in [4.69, 9.17) is 16.3 Å². The number of ether oxygens (including phenoxy) is 1. The Bertz CT molecular complexity index is 1110. The van der Waals surface area contributed by atoms with E-state index >= 15 is 0 Å². The van der Waals surface area contributed by atoms with E-state index in [0.717, 1.165) is 28.4 Å². The largest absolute Gasteiger partial charge is 0.494 e. The lowest BCUT2D eigenvalue weighted by Gasteiger charge is -2.31. The normalized spacial score (nSPS) is 13.8. The van der Waals surface area contributed by atoms with Gasteiger partial charge in [-0.3, -0.25) is 4.98 Å². The van der Waals surface area contributed by atoms with Crippen LogP contribution in [0.1, 0.15) is 18.2 Å². The van der Waals surface area contributed by atoms with Crippen LogP contribution >= 0.6 is 23.4 Å². The molecule has 3 rings (SSSR count). The second-order valence-electron chi connectivity index (χ2n) is 7.41. The second kappa shape index (κ2) is 9.77. The van der Waals surface area contributed by atoms with Crippen molar-refractivity contribution in [2.45, 2.75) is 32.0 Å². The third-order valence-corrected chi connectivity index (χ3v) is 6.48. The Labute approximate surface area is 194 Å². The van der Waals surface area contributed by atoms with E-state index in [1.165, 1.54) is 19.2 Å². The van der Waals surface area contributed by atoms with Gasteiger partial charge in [-0.25, -0.2) is 0 Å². The molecule has 0 amide bonds. The van der Waals surface area contributed by atoms with E-state index in [1.54, 1.807) is 6.92 Å². The number of aromatic nitrogens is 1. The van der Waals surface area contributed by atoms with Gasteiger partial charge in [-0.1, -0.05) is 30.7 Å². The van der Waals surface area contributed by atoms with Crippen LogP contribution in [-0.2, 0) is 6.42 Å². The number of methoxy groups -OCH3 is 1. The van der Waals surface area contributed by atoms with Crippen molar-refractivity contribution in [3.63, 3.8) is 0 Å². The highest BCUT2D eigenvalue weighted by Crippen LogP contribution is 2.43. The summed E-state index contributed by atoms with van der Waals surface area (Å²) in [6.07, 6.45) is -5.46. The van der Waals surface area contributed by atoms with Crippen LogP contribution in [0.15, 0.2) is 42.5 Å². The quantitative estimate of drug-likeness (QED) is 0.380. The van der Waals surface area contributed by atoms with Crippen LogP contribution < -0.4 is 10.1 Å². The number of aryl methyl sites for hydroxylation is 1. The molecule has 0 aliphatic carbocycles. The monoisotopic (exact) mass is 484 g/mol. The Hall–Kier alpha value is -2.16. The fraction of sp³-hybridized carbons (Fsp3) is 0.348. The Morgan fingerprint density at radius 3 is 2.56 bits per heavy atom. The van der Waals surface area contributed by atoms with Crippen molar-refractivity contribution in [1.82, 2.24) is 4.98 Å². The van der Waals surface area contributed by atoms with E-state index in [0.29, 0.717) is 17.1 Å². The maximum atomic E-state index is 13.7. The first-order chi connectivity index (χ1) is 15.1. The molecule has 1 atom stereocenters. The van der Waals surface area contributed by atoms with E-state index in [2.05, 4.69) is 10.3 Å². The summed E-state index contributed by atoms with van der Waals surface area (Å²) in [6, 6.07) is 12.3. The molecule has 172 valence electrons. The fourth-order valence-corrected chi connectivity index (χ4v) is 4.41. The van der Waals surface area contributed by atoms with Crippen molar-refractivity contribution < 1.29 is 23.0 Å².